The molecule has 0 bridgehead atoms. The third-order valence-electron chi connectivity index (χ3n) is 5.82. The van der Waals surface area contributed by atoms with Crippen LogP contribution in [0.15, 0.2) is 42.7 Å². The molecule has 2 saturated heterocycles. The van der Waals surface area contributed by atoms with Gasteiger partial charge in [-0.15, -0.1) is 0 Å². The van der Waals surface area contributed by atoms with Gasteiger partial charge in [-0.05, 0) is 49.5 Å². The van der Waals surface area contributed by atoms with Crippen molar-refractivity contribution in [1.29, 1.82) is 0 Å². The van der Waals surface area contributed by atoms with Crippen molar-refractivity contribution in [2.24, 2.45) is 0 Å². The van der Waals surface area contributed by atoms with Crippen molar-refractivity contribution in [2.45, 2.75) is 44.3 Å². The van der Waals surface area contributed by atoms with E-state index in [0.29, 0.717) is 19.5 Å². The predicted molar refractivity (Wildman–Crippen MR) is 105 cm³/mol. The number of piperidine rings is 1. The Bertz CT molecular complexity index is 810. The van der Waals surface area contributed by atoms with Crippen LogP contribution < -0.4 is 10.6 Å². The first-order valence-corrected chi connectivity index (χ1v) is 10.0. The number of nitrogens with one attached hydrogen (secondary N) is 2. The van der Waals surface area contributed by atoms with Gasteiger partial charge in [0.2, 0.25) is 11.8 Å². The molecule has 2 amide bonds. The number of hydrogen-bond acceptors (Lipinski definition) is 4. The van der Waals surface area contributed by atoms with Crippen LogP contribution in [-0.4, -0.2) is 46.1 Å². The summed E-state index contributed by atoms with van der Waals surface area (Å²) in [5, 5.41) is 10.8. The lowest BCUT2D eigenvalue weighted by Crippen LogP contribution is -2.54. The first kappa shape index (κ1) is 18.7. The maximum absolute atomic E-state index is 13.1. The van der Waals surface area contributed by atoms with E-state index in [2.05, 4.69) is 15.7 Å². The molecule has 2 aliphatic rings. The summed E-state index contributed by atoms with van der Waals surface area (Å²) in [4.78, 5) is 26.8. The van der Waals surface area contributed by atoms with Crippen molar-refractivity contribution in [1.82, 2.24) is 25.3 Å². The summed E-state index contributed by atoms with van der Waals surface area (Å²) in [5.41, 5.74) is 1.55. The van der Waals surface area contributed by atoms with Crippen molar-refractivity contribution in [2.75, 3.05) is 19.6 Å². The molecule has 0 saturated carbocycles. The minimum absolute atomic E-state index is 0.0180. The number of likely N-dealkylation sites (tertiary alicyclic amines) is 1. The minimum Gasteiger partial charge on any atom is -0.350 e. The molecule has 4 rings (SSSR count). The molecule has 2 aliphatic heterocycles. The number of carbonyl (C=O) groups is 2. The molecule has 0 spiro atoms. The van der Waals surface area contributed by atoms with Crippen molar-refractivity contribution in [3.63, 3.8) is 0 Å². The lowest BCUT2D eigenvalue weighted by Gasteiger charge is -2.36. The number of benzene rings is 1. The van der Waals surface area contributed by atoms with Gasteiger partial charge < -0.3 is 15.5 Å². The predicted octanol–water partition coefficient (Wildman–Crippen LogP) is 1.40. The van der Waals surface area contributed by atoms with Crippen LogP contribution in [0.4, 0.5) is 0 Å². The number of hydrogen-bond donors (Lipinski definition) is 2. The summed E-state index contributed by atoms with van der Waals surface area (Å²) >= 11 is 0. The highest BCUT2D eigenvalue weighted by atomic mass is 16.2. The Kier molecular flexibility index (Phi) is 5.43. The zero-order valence-electron chi connectivity index (χ0n) is 16.1. The third-order valence-corrected chi connectivity index (χ3v) is 5.82. The Balaban J connectivity index is 1.38. The van der Waals surface area contributed by atoms with Gasteiger partial charge in [-0.3, -0.25) is 14.3 Å². The Morgan fingerprint density at radius 2 is 1.93 bits per heavy atom. The van der Waals surface area contributed by atoms with E-state index >= 15 is 0 Å². The molecule has 3 heterocycles. The van der Waals surface area contributed by atoms with E-state index in [1.807, 2.05) is 41.4 Å². The molecule has 7 nitrogen and oxygen atoms in total. The van der Waals surface area contributed by atoms with Crippen molar-refractivity contribution in [3.8, 4) is 0 Å². The van der Waals surface area contributed by atoms with Gasteiger partial charge in [0.25, 0.3) is 0 Å². The third kappa shape index (κ3) is 3.80. The van der Waals surface area contributed by atoms with Crippen molar-refractivity contribution >= 4 is 11.8 Å². The largest absolute Gasteiger partial charge is 0.350 e. The summed E-state index contributed by atoms with van der Waals surface area (Å²) in [7, 11) is 0. The average Bonchev–Trinajstić information content (AvgIpc) is 3.40. The lowest BCUT2D eigenvalue weighted by atomic mass is 9.87. The molecule has 1 aromatic heterocycles. The number of aromatic nitrogens is 2. The molecule has 148 valence electrons. The molecule has 28 heavy (non-hydrogen) atoms. The average molecular weight is 381 g/mol. The lowest BCUT2D eigenvalue weighted by molar-refractivity contribution is -0.132. The van der Waals surface area contributed by atoms with Crippen LogP contribution in [-0.2, 0) is 28.2 Å². The quantitative estimate of drug-likeness (QED) is 0.793. The Hall–Kier alpha value is -2.67. The van der Waals surface area contributed by atoms with Crippen LogP contribution in [0.25, 0.3) is 0 Å². The molecule has 1 aromatic carbocycles. The topological polar surface area (TPSA) is 79.3 Å². The van der Waals surface area contributed by atoms with Crippen LogP contribution in [0.2, 0.25) is 0 Å². The molecule has 0 atom stereocenters. The highest BCUT2D eigenvalue weighted by molar-refractivity contribution is 5.84. The molecular formula is C21H27N5O2. The normalized spacial score (nSPS) is 19.0. The SMILES string of the molecule is O=C1CCCN1Cc1ccc(CNC(=O)C2(n3cccn3)CCNCC2)cc1. The first-order chi connectivity index (χ1) is 13.7. The maximum Gasteiger partial charge on any atom is 0.248 e. The van der Waals surface area contributed by atoms with E-state index in [1.165, 1.54) is 0 Å². The second kappa shape index (κ2) is 8.14. The van der Waals surface area contributed by atoms with E-state index in [4.69, 9.17) is 0 Å². The van der Waals surface area contributed by atoms with E-state index in [1.54, 1.807) is 10.9 Å². The fourth-order valence-corrected chi connectivity index (χ4v) is 4.12. The van der Waals surface area contributed by atoms with Gasteiger partial charge in [0, 0.05) is 38.4 Å². The van der Waals surface area contributed by atoms with E-state index < -0.39 is 5.54 Å². The fourth-order valence-electron chi connectivity index (χ4n) is 4.12. The first-order valence-electron chi connectivity index (χ1n) is 10.0. The Morgan fingerprint density at radius 1 is 1.18 bits per heavy atom. The van der Waals surface area contributed by atoms with Crippen LogP contribution in [0.5, 0.6) is 0 Å². The van der Waals surface area contributed by atoms with Gasteiger partial charge in [0.1, 0.15) is 5.54 Å². The van der Waals surface area contributed by atoms with Gasteiger partial charge in [0.05, 0.1) is 0 Å². The monoisotopic (exact) mass is 381 g/mol. The van der Waals surface area contributed by atoms with Gasteiger partial charge >= 0.3 is 0 Å². The standard InChI is InChI=1S/C21H27N5O2/c27-19-3-1-13-25(19)16-18-6-4-17(5-7-18)15-23-20(28)21(8-11-22-12-9-21)26-14-2-10-24-26/h2,4-7,10,14,22H,1,3,8-9,11-13,15-16H2,(H,23,28). The van der Waals surface area contributed by atoms with Gasteiger partial charge in [-0.1, -0.05) is 24.3 Å². The van der Waals surface area contributed by atoms with E-state index in [-0.39, 0.29) is 11.8 Å². The van der Waals surface area contributed by atoms with Gasteiger partial charge in [0.15, 0.2) is 0 Å². The zero-order valence-corrected chi connectivity index (χ0v) is 16.1. The molecule has 2 N–H and O–H groups in total. The van der Waals surface area contributed by atoms with Crippen LogP contribution in [0, 0.1) is 0 Å². The van der Waals surface area contributed by atoms with Crippen LogP contribution in [0.3, 0.4) is 0 Å². The van der Waals surface area contributed by atoms with E-state index in [9.17, 15) is 9.59 Å². The summed E-state index contributed by atoms with van der Waals surface area (Å²) in [6.07, 6.45) is 6.67. The second-order valence-corrected chi connectivity index (χ2v) is 7.65. The molecular weight excluding hydrogens is 354 g/mol. The van der Waals surface area contributed by atoms with Crippen LogP contribution in [0.1, 0.15) is 36.8 Å². The smallest absolute Gasteiger partial charge is 0.248 e. The number of carbonyl (C=O) groups excluding carboxylic acids is 2. The van der Waals surface area contributed by atoms with Crippen LogP contribution >= 0.6 is 0 Å². The number of nitrogens with zero attached hydrogens (tertiary/aromatic N) is 3. The Labute approximate surface area is 165 Å². The maximum atomic E-state index is 13.1. The Morgan fingerprint density at radius 3 is 2.57 bits per heavy atom. The molecule has 0 radical (unpaired) electrons. The number of amides is 2. The fraction of sp³-hybridized carbons (Fsp3) is 0.476. The van der Waals surface area contributed by atoms with Crippen molar-refractivity contribution < 1.29 is 9.59 Å². The summed E-state index contributed by atoms with van der Waals surface area (Å²) in [5.74, 6) is 0.256. The summed E-state index contributed by atoms with van der Waals surface area (Å²) < 4.78 is 1.80. The zero-order chi connectivity index (χ0) is 19.4. The molecule has 2 fully saturated rings. The minimum atomic E-state index is -0.620. The molecule has 0 unspecified atom stereocenters. The summed E-state index contributed by atoms with van der Waals surface area (Å²) in [6.45, 7) is 3.61. The van der Waals surface area contributed by atoms with E-state index in [0.717, 1.165) is 50.0 Å². The van der Waals surface area contributed by atoms with Crippen molar-refractivity contribution in [3.05, 3.63) is 53.9 Å². The molecule has 0 aliphatic carbocycles. The highest BCUT2D eigenvalue weighted by Crippen LogP contribution is 2.27. The second-order valence-electron chi connectivity index (χ2n) is 7.65. The van der Waals surface area contributed by atoms with Gasteiger partial charge in [-0.25, -0.2) is 0 Å². The number of rotatable bonds is 6. The molecule has 7 heteroatoms. The van der Waals surface area contributed by atoms with Gasteiger partial charge in [-0.2, -0.15) is 5.10 Å². The highest BCUT2D eigenvalue weighted by Gasteiger charge is 2.41. The summed E-state index contributed by atoms with van der Waals surface area (Å²) in [6, 6.07) is 10.0. The molecule has 2 aromatic rings.